The van der Waals surface area contributed by atoms with Gasteiger partial charge < -0.3 is 9.57 Å². The lowest BCUT2D eigenvalue weighted by Gasteiger charge is -2.08. The van der Waals surface area contributed by atoms with Crippen LogP contribution in [0.1, 0.15) is 11.1 Å². The highest BCUT2D eigenvalue weighted by atomic mass is 35.5. The van der Waals surface area contributed by atoms with Gasteiger partial charge in [-0.2, -0.15) is 0 Å². The van der Waals surface area contributed by atoms with Gasteiger partial charge >= 0.3 is 5.97 Å². The Bertz CT molecular complexity index is 744. The monoisotopic (exact) mass is 332 g/mol. The van der Waals surface area contributed by atoms with Crippen LogP contribution in [-0.4, -0.2) is 30.9 Å². The van der Waals surface area contributed by atoms with Gasteiger partial charge in [0, 0.05) is 12.0 Å². The number of nitrogens with zero attached hydrogens (tertiary/aromatic N) is 2. The second kappa shape index (κ2) is 7.74. The smallest absolute Gasteiger partial charge is 0.356 e. The predicted octanol–water partition coefficient (Wildman–Crippen LogP) is 3.43. The lowest BCUT2D eigenvalue weighted by molar-refractivity contribution is -0.133. The first-order valence-corrected chi connectivity index (χ1v) is 7.33. The first-order valence-electron chi connectivity index (χ1n) is 6.96. The molecule has 0 N–H and O–H groups in total. The largest absolute Gasteiger partial charge is 0.464 e. The Morgan fingerprint density at radius 3 is 2.74 bits per heavy atom. The number of halogens is 1. The van der Waals surface area contributed by atoms with Crippen LogP contribution in [0.4, 0.5) is 0 Å². The Labute approximate surface area is 139 Å². The molecule has 2 rings (SSSR count). The van der Waals surface area contributed by atoms with Gasteiger partial charge in [0.15, 0.2) is 5.71 Å². The van der Waals surface area contributed by atoms with Crippen LogP contribution in [0.3, 0.4) is 0 Å². The molecule has 0 fully saturated rings. The van der Waals surface area contributed by atoms with Crippen LogP contribution < -0.4 is 0 Å². The third kappa shape index (κ3) is 4.29. The molecule has 0 saturated heterocycles. The van der Waals surface area contributed by atoms with E-state index in [9.17, 15) is 4.79 Å². The molecule has 23 heavy (non-hydrogen) atoms. The topological polar surface area (TPSA) is 60.8 Å². The molecule has 0 spiro atoms. The molecule has 0 bridgehead atoms. The van der Waals surface area contributed by atoms with Crippen LogP contribution in [-0.2, 0) is 20.8 Å². The van der Waals surface area contributed by atoms with E-state index in [1.807, 2.05) is 37.3 Å². The summed E-state index contributed by atoms with van der Waals surface area (Å²) >= 11 is 5.98. The molecule has 0 amide bonds. The molecular weight excluding hydrogens is 316 g/mol. The van der Waals surface area contributed by atoms with Crippen molar-refractivity contribution in [2.45, 2.75) is 13.3 Å². The van der Waals surface area contributed by atoms with Crippen molar-refractivity contribution in [1.29, 1.82) is 0 Å². The molecule has 0 saturated carbocycles. The van der Waals surface area contributed by atoms with E-state index in [1.54, 1.807) is 6.07 Å². The number of pyridine rings is 1. The van der Waals surface area contributed by atoms with E-state index >= 15 is 0 Å². The van der Waals surface area contributed by atoms with E-state index in [2.05, 4.69) is 10.1 Å². The second-order valence-corrected chi connectivity index (χ2v) is 5.28. The molecule has 0 atom stereocenters. The van der Waals surface area contributed by atoms with Crippen molar-refractivity contribution in [3.8, 4) is 11.3 Å². The molecule has 1 aromatic carbocycles. The minimum Gasteiger partial charge on any atom is -0.464 e. The predicted molar refractivity (Wildman–Crippen MR) is 89.6 cm³/mol. The number of hydrogen-bond acceptors (Lipinski definition) is 5. The number of aryl methyl sites for hydroxylation is 1. The highest BCUT2D eigenvalue weighted by Crippen LogP contribution is 2.24. The molecule has 2 aromatic rings. The summed E-state index contributed by atoms with van der Waals surface area (Å²) in [6, 6.07) is 11.4. The van der Waals surface area contributed by atoms with E-state index in [0.717, 1.165) is 22.4 Å². The number of methoxy groups -OCH3 is 1. The molecule has 0 aliphatic carbocycles. The first kappa shape index (κ1) is 17.0. The van der Waals surface area contributed by atoms with E-state index < -0.39 is 5.97 Å². The molecule has 120 valence electrons. The summed E-state index contributed by atoms with van der Waals surface area (Å²) in [6.45, 7) is 1.97. The molecule has 1 aromatic heterocycles. The molecule has 1 heterocycles. The highest BCUT2D eigenvalue weighted by molar-refractivity contribution is 6.36. The molecule has 0 unspecified atom stereocenters. The zero-order valence-corrected chi connectivity index (χ0v) is 13.9. The van der Waals surface area contributed by atoms with Crippen molar-refractivity contribution in [2.24, 2.45) is 5.16 Å². The van der Waals surface area contributed by atoms with Crippen LogP contribution in [0.25, 0.3) is 11.3 Å². The highest BCUT2D eigenvalue weighted by Gasteiger charge is 2.14. The van der Waals surface area contributed by atoms with Gasteiger partial charge in [0.1, 0.15) is 12.3 Å². The lowest BCUT2D eigenvalue weighted by Crippen LogP contribution is -2.18. The number of aromatic nitrogens is 1. The van der Waals surface area contributed by atoms with E-state index in [0.29, 0.717) is 11.6 Å². The third-order valence-corrected chi connectivity index (χ3v) is 3.47. The van der Waals surface area contributed by atoms with Gasteiger partial charge in [-0.05, 0) is 30.2 Å². The van der Waals surface area contributed by atoms with Crippen LogP contribution >= 0.6 is 11.6 Å². The van der Waals surface area contributed by atoms with Gasteiger partial charge in [-0.3, -0.25) is 0 Å². The van der Waals surface area contributed by atoms with Gasteiger partial charge in [0.25, 0.3) is 0 Å². The number of rotatable bonds is 5. The lowest BCUT2D eigenvalue weighted by atomic mass is 10.0. The Morgan fingerprint density at radius 2 is 2.04 bits per heavy atom. The van der Waals surface area contributed by atoms with E-state index in [4.69, 9.17) is 21.2 Å². The molecule has 0 radical (unpaired) electrons. The maximum Gasteiger partial charge on any atom is 0.356 e. The van der Waals surface area contributed by atoms with Gasteiger partial charge in [-0.25, -0.2) is 9.78 Å². The average Bonchev–Trinajstić information content (AvgIpc) is 2.56. The van der Waals surface area contributed by atoms with Crippen molar-refractivity contribution in [1.82, 2.24) is 4.98 Å². The summed E-state index contributed by atoms with van der Waals surface area (Å²) in [5.74, 6) is -0.519. The minimum absolute atomic E-state index is 0.197. The van der Waals surface area contributed by atoms with Crippen molar-refractivity contribution >= 4 is 23.3 Å². The van der Waals surface area contributed by atoms with Crippen molar-refractivity contribution in [2.75, 3.05) is 14.2 Å². The zero-order valence-electron chi connectivity index (χ0n) is 13.2. The Hall–Kier alpha value is -2.40. The number of carbonyl (C=O) groups is 1. The number of esters is 1. The Morgan fingerprint density at radius 1 is 1.26 bits per heavy atom. The van der Waals surface area contributed by atoms with Gasteiger partial charge in [-0.15, -0.1) is 0 Å². The normalized spacial score (nSPS) is 11.2. The van der Waals surface area contributed by atoms with Crippen LogP contribution in [0.2, 0.25) is 5.15 Å². The summed E-state index contributed by atoms with van der Waals surface area (Å²) in [4.78, 5) is 20.8. The maximum absolute atomic E-state index is 11.7. The number of hydrogen-bond donors (Lipinski definition) is 0. The second-order valence-electron chi connectivity index (χ2n) is 4.89. The van der Waals surface area contributed by atoms with E-state index in [-0.39, 0.29) is 5.71 Å². The fraction of sp³-hybridized carbons (Fsp3) is 0.235. The van der Waals surface area contributed by atoms with E-state index in [1.165, 1.54) is 14.2 Å². The average molecular weight is 333 g/mol. The van der Waals surface area contributed by atoms with Crippen molar-refractivity contribution in [3.05, 3.63) is 52.7 Å². The number of benzene rings is 1. The fourth-order valence-corrected chi connectivity index (χ4v) is 2.34. The first-order chi connectivity index (χ1) is 11.0. The van der Waals surface area contributed by atoms with Crippen LogP contribution in [0.15, 0.2) is 41.6 Å². The van der Waals surface area contributed by atoms with Gasteiger partial charge in [0.05, 0.1) is 12.8 Å². The van der Waals surface area contributed by atoms with Gasteiger partial charge in [-0.1, -0.05) is 41.0 Å². The molecule has 0 aliphatic heterocycles. The fourth-order valence-electron chi connectivity index (χ4n) is 2.19. The SMILES string of the molecule is CO/N=C(/Cc1cccc(-c2nc(Cl)ccc2C)c1)C(=O)OC. The number of carbonyl (C=O) groups excluding carboxylic acids is 1. The maximum atomic E-state index is 11.7. The Kier molecular flexibility index (Phi) is 5.71. The number of ether oxygens (including phenoxy) is 1. The van der Waals surface area contributed by atoms with Crippen molar-refractivity contribution < 1.29 is 14.4 Å². The summed E-state index contributed by atoms with van der Waals surface area (Å²) in [7, 11) is 2.70. The van der Waals surface area contributed by atoms with Crippen molar-refractivity contribution in [3.63, 3.8) is 0 Å². The quantitative estimate of drug-likeness (QED) is 0.364. The summed E-state index contributed by atoms with van der Waals surface area (Å²) in [5, 5.41) is 4.17. The summed E-state index contributed by atoms with van der Waals surface area (Å²) in [6.07, 6.45) is 0.300. The van der Waals surface area contributed by atoms with Gasteiger partial charge in [0.2, 0.25) is 0 Å². The molecule has 6 heteroatoms. The van der Waals surface area contributed by atoms with Crippen LogP contribution in [0, 0.1) is 6.92 Å². The minimum atomic E-state index is -0.519. The van der Waals surface area contributed by atoms with Crippen LogP contribution in [0.5, 0.6) is 0 Å². The molecular formula is C17H17ClN2O3. The molecule has 5 nitrogen and oxygen atoms in total. The summed E-state index contributed by atoms with van der Waals surface area (Å²) in [5.41, 5.74) is 3.84. The third-order valence-electron chi connectivity index (χ3n) is 3.26. The molecule has 0 aliphatic rings. The number of oxime groups is 1. The zero-order chi connectivity index (χ0) is 16.8. The standard InChI is InChI=1S/C17H17ClN2O3/c1-11-7-8-15(18)19-16(11)13-6-4-5-12(9-13)10-14(20-23-3)17(21)22-2/h4-9H,10H2,1-3H3/b20-14-. The Balaban J connectivity index is 2.35. The summed E-state index contributed by atoms with van der Waals surface area (Å²) < 4.78 is 4.71.